The number of methoxy groups -OCH3 is 1. The van der Waals surface area contributed by atoms with Gasteiger partial charge >= 0.3 is 0 Å². The Morgan fingerprint density at radius 2 is 1.68 bits per heavy atom. The van der Waals surface area contributed by atoms with Crippen molar-refractivity contribution in [2.75, 3.05) is 7.11 Å². The van der Waals surface area contributed by atoms with Crippen LogP contribution in [0, 0.1) is 17.7 Å². The number of benzene rings is 2. The topological polar surface area (TPSA) is 9.23 Å². The lowest BCUT2D eigenvalue weighted by atomic mass is 10.1. The summed E-state index contributed by atoms with van der Waals surface area (Å²) in [5.41, 5.74) is 1.75. The highest BCUT2D eigenvalue weighted by Crippen LogP contribution is 2.19. The highest BCUT2D eigenvalue weighted by atomic mass is 79.9. The molecule has 1 unspecified atom stereocenters. The van der Waals surface area contributed by atoms with E-state index in [9.17, 15) is 4.39 Å². The molecule has 0 aliphatic rings. The number of hydrogen-bond donors (Lipinski definition) is 0. The van der Waals surface area contributed by atoms with Gasteiger partial charge in [-0.25, -0.2) is 4.39 Å². The molecule has 3 heteroatoms. The Balaban J connectivity index is 2.20. The van der Waals surface area contributed by atoms with Gasteiger partial charge in [0.15, 0.2) is 0 Å². The van der Waals surface area contributed by atoms with Crippen molar-refractivity contribution in [2.45, 2.75) is 6.10 Å². The van der Waals surface area contributed by atoms with E-state index in [1.165, 1.54) is 12.1 Å². The molecule has 0 amide bonds. The van der Waals surface area contributed by atoms with Crippen molar-refractivity contribution in [3.05, 3.63) is 69.9 Å². The van der Waals surface area contributed by atoms with Crippen LogP contribution in [0.5, 0.6) is 0 Å². The van der Waals surface area contributed by atoms with Gasteiger partial charge in [-0.1, -0.05) is 39.9 Å². The monoisotopic (exact) mass is 318 g/mol. The summed E-state index contributed by atoms with van der Waals surface area (Å²) in [6.07, 6.45) is -0.293. The first kappa shape index (κ1) is 13.8. The molecule has 2 rings (SSSR count). The van der Waals surface area contributed by atoms with Gasteiger partial charge in [-0.05, 0) is 42.0 Å². The lowest BCUT2D eigenvalue weighted by Gasteiger charge is -2.08. The van der Waals surface area contributed by atoms with Gasteiger partial charge in [0.05, 0.1) is 0 Å². The molecule has 0 heterocycles. The Hall–Kier alpha value is -1.63. The second kappa shape index (κ2) is 6.51. The van der Waals surface area contributed by atoms with Crippen molar-refractivity contribution in [2.24, 2.45) is 0 Å². The number of hydrogen-bond acceptors (Lipinski definition) is 1. The molecule has 0 fully saturated rings. The maximum absolute atomic E-state index is 12.8. The molecule has 0 aliphatic carbocycles. The average Bonchev–Trinajstić information content (AvgIpc) is 2.43. The second-order valence-electron chi connectivity index (χ2n) is 3.94. The smallest absolute Gasteiger partial charge is 0.143 e. The first-order valence-corrected chi connectivity index (χ1v) is 6.53. The van der Waals surface area contributed by atoms with Gasteiger partial charge in [0.2, 0.25) is 0 Å². The summed E-state index contributed by atoms with van der Waals surface area (Å²) in [7, 11) is 1.62. The Bertz CT molecular complexity index is 593. The predicted molar refractivity (Wildman–Crippen MR) is 77.2 cm³/mol. The molecule has 0 bridgehead atoms. The fraction of sp³-hybridized carbons (Fsp3) is 0.125. The minimum atomic E-state index is -0.293. The van der Waals surface area contributed by atoms with Crippen LogP contribution in [0.25, 0.3) is 0 Å². The third kappa shape index (κ3) is 3.92. The van der Waals surface area contributed by atoms with E-state index in [0.717, 1.165) is 15.6 Å². The standard InChI is InChI=1S/C16H12BrFO/c1-19-16(13-5-7-14(17)8-6-13)11-4-12-2-9-15(18)10-3-12/h2-3,5-10,16H,1H3. The highest BCUT2D eigenvalue weighted by molar-refractivity contribution is 9.10. The van der Waals surface area contributed by atoms with Crippen molar-refractivity contribution in [1.82, 2.24) is 0 Å². The zero-order valence-corrected chi connectivity index (χ0v) is 11.9. The Morgan fingerprint density at radius 1 is 1.05 bits per heavy atom. The van der Waals surface area contributed by atoms with Crippen LogP contribution in [0.15, 0.2) is 53.0 Å². The molecule has 0 saturated carbocycles. The summed E-state index contributed by atoms with van der Waals surface area (Å²) < 4.78 is 19.1. The summed E-state index contributed by atoms with van der Waals surface area (Å²) in [4.78, 5) is 0. The zero-order valence-electron chi connectivity index (χ0n) is 10.4. The van der Waals surface area contributed by atoms with Gasteiger partial charge in [-0.15, -0.1) is 0 Å². The van der Waals surface area contributed by atoms with E-state index >= 15 is 0 Å². The van der Waals surface area contributed by atoms with Crippen LogP contribution in [0.2, 0.25) is 0 Å². The van der Waals surface area contributed by atoms with Gasteiger partial charge < -0.3 is 4.74 Å². The minimum Gasteiger partial charge on any atom is -0.364 e. The van der Waals surface area contributed by atoms with Crippen molar-refractivity contribution >= 4 is 15.9 Å². The Labute approximate surface area is 120 Å². The highest BCUT2D eigenvalue weighted by Gasteiger charge is 2.05. The van der Waals surface area contributed by atoms with E-state index < -0.39 is 0 Å². The molecular weight excluding hydrogens is 307 g/mol. The lowest BCUT2D eigenvalue weighted by Crippen LogP contribution is -1.98. The average molecular weight is 319 g/mol. The molecule has 1 nitrogen and oxygen atoms in total. The maximum atomic E-state index is 12.8. The summed E-state index contributed by atoms with van der Waals surface area (Å²) in [5.74, 6) is 5.75. The van der Waals surface area contributed by atoms with E-state index in [2.05, 4.69) is 27.8 Å². The lowest BCUT2D eigenvalue weighted by molar-refractivity contribution is 0.150. The third-order valence-corrected chi connectivity index (χ3v) is 3.13. The van der Waals surface area contributed by atoms with Crippen LogP contribution in [-0.4, -0.2) is 7.11 Å². The Morgan fingerprint density at radius 3 is 2.26 bits per heavy atom. The quantitative estimate of drug-likeness (QED) is 0.749. The molecule has 2 aromatic carbocycles. The Kier molecular flexibility index (Phi) is 4.73. The van der Waals surface area contributed by atoms with Gasteiger partial charge in [-0.2, -0.15) is 0 Å². The predicted octanol–water partition coefficient (Wildman–Crippen LogP) is 4.33. The normalized spacial score (nSPS) is 11.5. The molecule has 2 aromatic rings. The van der Waals surface area contributed by atoms with Crippen molar-refractivity contribution in [3.8, 4) is 11.8 Å². The summed E-state index contributed by atoms with van der Waals surface area (Å²) in [6.45, 7) is 0. The fourth-order valence-corrected chi connectivity index (χ4v) is 1.86. The third-order valence-electron chi connectivity index (χ3n) is 2.60. The van der Waals surface area contributed by atoms with E-state index in [1.807, 2.05) is 24.3 Å². The molecule has 0 radical (unpaired) electrons. The van der Waals surface area contributed by atoms with Crippen LogP contribution in [0.3, 0.4) is 0 Å². The minimum absolute atomic E-state index is 0.262. The molecule has 96 valence electrons. The molecule has 0 aliphatic heterocycles. The summed E-state index contributed by atoms with van der Waals surface area (Å²) >= 11 is 3.39. The first-order chi connectivity index (χ1) is 9.19. The first-order valence-electron chi connectivity index (χ1n) is 5.74. The van der Waals surface area contributed by atoms with Gasteiger partial charge in [-0.3, -0.25) is 0 Å². The second-order valence-corrected chi connectivity index (χ2v) is 4.86. The summed E-state index contributed by atoms with van der Waals surface area (Å²) in [5, 5.41) is 0. The van der Waals surface area contributed by atoms with Crippen LogP contribution >= 0.6 is 15.9 Å². The molecule has 0 N–H and O–H groups in total. The molecule has 19 heavy (non-hydrogen) atoms. The van der Waals surface area contributed by atoms with Crippen LogP contribution in [0.4, 0.5) is 4.39 Å². The van der Waals surface area contributed by atoms with Gasteiger partial charge in [0.25, 0.3) is 0 Å². The fourth-order valence-electron chi connectivity index (χ4n) is 1.60. The van der Waals surface area contributed by atoms with Crippen LogP contribution < -0.4 is 0 Å². The summed E-state index contributed by atoms with van der Waals surface area (Å²) in [6, 6.07) is 13.9. The number of halogens is 2. The largest absolute Gasteiger partial charge is 0.364 e. The van der Waals surface area contributed by atoms with Crippen LogP contribution in [-0.2, 0) is 4.74 Å². The van der Waals surface area contributed by atoms with E-state index in [1.54, 1.807) is 19.2 Å². The molecule has 1 atom stereocenters. The number of ether oxygens (including phenoxy) is 1. The SMILES string of the molecule is COC(C#Cc1ccc(F)cc1)c1ccc(Br)cc1. The van der Waals surface area contributed by atoms with Gasteiger partial charge in [0.1, 0.15) is 11.9 Å². The molecular formula is C16H12BrFO. The van der Waals surface area contributed by atoms with Crippen molar-refractivity contribution in [1.29, 1.82) is 0 Å². The zero-order chi connectivity index (χ0) is 13.7. The van der Waals surface area contributed by atoms with Crippen molar-refractivity contribution < 1.29 is 9.13 Å². The molecule has 0 aromatic heterocycles. The van der Waals surface area contributed by atoms with E-state index in [4.69, 9.17) is 4.74 Å². The van der Waals surface area contributed by atoms with Crippen LogP contribution in [0.1, 0.15) is 17.2 Å². The molecule has 0 spiro atoms. The van der Waals surface area contributed by atoms with E-state index in [-0.39, 0.29) is 11.9 Å². The molecule has 0 saturated heterocycles. The van der Waals surface area contributed by atoms with E-state index in [0.29, 0.717) is 0 Å². The number of rotatable bonds is 2. The van der Waals surface area contributed by atoms with Gasteiger partial charge in [0, 0.05) is 17.1 Å². The van der Waals surface area contributed by atoms with Crippen molar-refractivity contribution in [3.63, 3.8) is 0 Å². The maximum Gasteiger partial charge on any atom is 0.143 e.